The lowest BCUT2D eigenvalue weighted by molar-refractivity contribution is -0.116. The number of carbonyl (C=O) groups excluding carboxylic acids is 1. The largest absolute Gasteiger partial charge is 0.379 e. The molecule has 1 aromatic rings. The maximum Gasteiger partial charge on any atom is 0.244 e. The molecule has 19 heavy (non-hydrogen) atoms. The fourth-order valence-corrected chi connectivity index (χ4v) is 2.76. The van der Waals surface area contributed by atoms with Crippen molar-refractivity contribution >= 4 is 34.9 Å². The standard InChI is InChI=1S/C13H17ClN2O2S/c14-12-3-1-11(19-12)2-4-13(17)15-5-6-16-7-9-18-10-8-16/h1-4H,5-10H2,(H,15,17)/b4-2-. The Morgan fingerprint density at radius 1 is 1.47 bits per heavy atom. The summed E-state index contributed by atoms with van der Waals surface area (Å²) in [5, 5.41) is 2.87. The molecule has 0 radical (unpaired) electrons. The van der Waals surface area contributed by atoms with Gasteiger partial charge in [-0.15, -0.1) is 11.3 Å². The molecule has 0 bridgehead atoms. The molecule has 1 aliphatic heterocycles. The number of carbonyl (C=O) groups is 1. The van der Waals surface area contributed by atoms with Crippen LogP contribution in [0.5, 0.6) is 0 Å². The number of thiophene rings is 1. The van der Waals surface area contributed by atoms with Crippen LogP contribution in [0.2, 0.25) is 4.34 Å². The average Bonchev–Trinajstić information content (AvgIpc) is 2.83. The summed E-state index contributed by atoms with van der Waals surface area (Å²) in [4.78, 5) is 14.9. The summed E-state index contributed by atoms with van der Waals surface area (Å²) < 4.78 is 6.00. The van der Waals surface area contributed by atoms with Crippen LogP contribution in [0, 0.1) is 0 Å². The van der Waals surface area contributed by atoms with Crippen molar-refractivity contribution in [2.45, 2.75) is 0 Å². The number of morpholine rings is 1. The number of hydrogen-bond acceptors (Lipinski definition) is 4. The molecule has 0 atom stereocenters. The molecule has 6 heteroatoms. The quantitative estimate of drug-likeness (QED) is 0.844. The maximum atomic E-state index is 11.6. The summed E-state index contributed by atoms with van der Waals surface area (Å²) >= 11 is 7.27. The average molecular weight is 301 g/mol. The van der Waals surface area contributed by atoms with Crippen LogP contribution in [-0.2, 0) is 9.53 Å². The predicted molar refractivity (Wildman–Crippen MR) is 78.6 cm³/mol. The van der Waals surface area contributed by atoms with E-state index in [9.17, 15) is 4.79 Å². The highest BCUT2D eigenvalue weighted by Gasteiger charge is 2.09. The molecular formula is C13H17ClN2O2S. The van der Waals surface area contributed by atoms with E-state index >= 15 is 0 Å². The van der Waals surface area contributed by atoms with Gasteiger partial charge in [0.2, 0.25) is 5.91 Å². The van der Waals surface area contributed by atoms with Crippen molar-refractivity contribution in [3.63, 3.8) is 0 Å². The topological polar surface area (TPSA) is 41.6 Å². The van der Waals surface area contributed by atoms with Gasteiger partial charge in [-0.1, -0.05) is 11.6 Å². The molecule has 1 fully saturated rings. The van der Waals surface area contributed by atoms with Crippen molar-refractivity contribution in [3.8, 4) is 0 Å². The van der Waals surface area contributed by atoms with Gasteiger partial charge in [0.1, 0.15) is 0 Å². The summed E-state index contributed by atoms with van der Waals surface area (Å²) in [5.74, 6) is -0.0715. The first-order valence-corrected chi connectivity index (χ1v) is 7.45. The SMILES string of the molecule is O=C(/C=C\c1ccc(Cl)s1)NCCN1CCOCC1. The molecule has 0 spiro atoms. The molecule has 1 saturated heterocycles. The number of nitrogens with one attached hydrogen (secondary N) is 1. The van der Waals surface area contributed by atoms with Gasteiger partial charge >= 0.3 is 0 Å². The fourth-order valence-electron chi connectivity index (χ4n) is 1.80. The van der Waals surface area contributed by atoms with Crippen LogP contribution in [0.25, 0.3) is 6.08 Å². The zero-order chi connectivity index (χ0) is 13.5. The minimum Gasteiger partial charge on any atom is -0.379 e. The summed E-state index contributed by atoms with van der Waals surface area (Å²) in [5.41, 5.74) is 0. The minimum atomic E-state index is -0.0715. The van der Waals surface area contributed by atoms with Crippen molar-refractivity contribution in [1.29, 1.82) is 0 Å². The van der Waals surface area contributed by atoms with Gasteiger partial charge in [0, 0.05) is 37.1 Å². The third kappa shape index (κ3) is 5.32. The lowest BCUT2D eigenvalue weighted by atomic mass is 10.4. The summed E-state index contributed by atoms with van der Waals surface area (Å²) in [6.45, 7) is 4.99. The molecule has 0 unspecified atom stereocenters. The van der Waals surface area contributed by atoms with E-state index < -0.39 is 0 Å². The summed E-state index contributed by atoms with van der Waals surface area (Å²) in [6.07, 6.45) is 3.32. The smallest absolute Gasteiger partial charge is 0.244 e. The van der Waals surface area contributed by atoms with Gasteiger partial charge in [0.25, 0.3) is 0 Å². The fraction of sp³-hybridized carbons (Fsp3) is 0.462. The Bertz CT molecular complexity index is 442. The van der Waals surface area contributed by atoms with E-state index in [2.05, 4.69) is 10.2 Å². The van der Waals surface area contributed by atoms with Crippen LogP contribution >= 0.6 is 22.9 Å². The third-order valence-electron chi connectivity index (χ3n) is 2.82. The zero-order valence-electron chi connectivity index (χ0n) is 10.6. The van der Waals surface area contributed by atoms with E-state index in [0.717, 1.165) is 42.1 Å². The second-order valence-corrected chi connectivity index (χ2v) is 5.97. The Morgan fingerprint density at radius 3 is 2.95 bits per heavy atom. The van der Waals surface area contributed by atoms with Crippen molar-refractivity contribution in [2.75, 3.05) is 39.4 Å². The first-order valence-electron chi connectivity index (χ1n) is 6.25. The van der Waals surface area contributed by atoms with E-state index in [4.69, 9.17) is 16.3 Å². The van der Waals surface area contributed by atoms with Crippen LogP contribution in [-0.4, -0.2) is 50.2 Å². The van der Waals surface area contributed by atoms with Crippen LogP contribution < -0.4 is 5.32 Å². The maximum absolute atomic E-state index is 11.6. The van der Waals surface area contributed by atoms with Gasteiger partial charge < -0.3 is 10.1 Å². The Kier molecular flexibility index (Phi) is 5.85. The highest BCUT2D eigenvalue weighted by atomic mass is 35.5. The molecule has 2 rings (SSSR count). The van der Waals surface area contributed by atoms with Gasteiger partial charge in [0.05, 0.1) is 17.6 Å². The third-order valence-corrected chi connectivity index (χ3v) is 4.02. The zero-order valence-corrected chi connectivity index (χ0v) is 12.2. The van der Waals surface area contributed by atoms with Crippen molar-refractivity contribution in [1.82, 2.24) is 10.2 Å². The molecule has 4 nitrogen and oxygen atoms in total. The molecule has 2 heterocycles. The van der Waals surface area contributed by atoms with Gasteiger partial charge in [-0.3, -0.25) is 9.69 Å². The van der Waals surface area contributed by atoms with Crippen molar-refractivity contribution < 1.29 is 9.53 Å². The van der Waals surface area contributed by atoms with Crippen LogP contribution in [0.4, 0.5) is 0 Å². The lowest BCUT2D eigenvalue weighted by Crippen LogP contribution is -2.41. The van der Waals surface area contributed by atoms with Crippen molar-refractivity contribution in [2.24, 2.45) is 0 Å². The van der Waals surface area contributed by atoms with Crippen LogP contribution in [0.15, 0.2) is 18.2 Å². The first-order chi connectivity index (χ1) is 9.24. The van der Waals surface area contributed by atoms with Crippen molar-refractivity contribution in [3.05, 3.63) is 27.4 Å². The highest BCUT2D eigenvalue weighted by Crippen LogP contribution is 2.22. The molecule has 1 N–H and O–H groups in total. The second-order valence-electron chi connectivity index (χ2n) is 4.22. The van der Waals surface area contributed by atoms with Gasteiger partial charge in [-0.2, -0.15) is 0 Å². The Hall–Kier alpha value is -0.880. The molecule has 1 aromatic heterocycles. The normalized spacial score (nSPS) is 16.9. The van der Waals surface area contributed by atoms with E-state index in [-0.39, 0.29) is 5.91 Å². The number of nitrogens with zero attached hydrogens (tertiary/aromatic N) is 1. The first kappa shape index (κ1) is 14.5. The van der Waals surface area contributed by atoms with E-state index in [1.54, 1.807) is 12.2 Å². The van der Waals surface area contributed by atoms with Gasteiger partial charge in [-0.05, 0) is 18.2 Å². The molecule has 104 valence electrons. The van der Waals surface area contributed by atoms with Crippen LogP contribution in [0.3, 0.4) is 0 Å². The van der Waals surface area contributed by atoms with Gasteiger partial charge in [-0.25, -0.2) is 0 Å². The molecule has 1 amide bonds. The number of ether oxygens (including phenoxy) is 1. The van der Waals surface area contributed by atoms with E-state index in [1.807, 2.05) is 12.1 Å². The Morgan fingerprint density at radius 2 is 2.26 bits per heavy atom. The monoisotopic (exact) mass is 300 g/mol. The Balaban J connectivity index is 1.65. The molecule has 1 aliphatic rings. The summed E-state index contributed by atoms with van der Waals surface area (Å²) in [6, 6.07) is 3.72. The summed E-state index contributed by atoms with van der Waals surface area (Å²) in [7, 11) is 0. The molecule has 0 saturated carbocycles. The van der Waals surface area contributed by atoms with E-state index in [0.29, 0.717) is 6.54 Å². The number of hydrogen-bond donors (Lipinski definition) is 1. The predicted octanol–water partition coefficient (Wildman–Crippen LogP) is 1.86. The lowest BCUT2D eigenvalue weighted by Gasteiger charge is -2.26. The minimum absolute atomic E-state index is 0.0715. The number of halogens is 1. The van der Waals surface area contributed by atoms with E-state index in [1.165, 1.54) is 11.3 Å². The molecule has 0 aromatic carbocycles. The molecule has 0 aliphatic carbocycles. The van der Waals surface area contributed by atoms with Gasteiger partial charge in [0.15, 0.2) is 0 Å². The number of rotatable bonds is 5. The Labute approximate surface area is 122 Å². The second kappa shape index (κ2) is 7.65. The highest BCUT2D eigenvalue weighted by molar-refractivity contribution is 7.17. The van der Waals surface area contributed by atoms with Crippen LogP contribution in [0.1, 0.15) is 4.88 Å². The molecular weight excluding hydrogens is 284 g/mol. The number of amides is 1.